The molecule has 6 nitrogen and oxygen atoms in total. The number of aromatic nitrogens is 3. The molecular weight excluding hydrogens is 323 g/mol. The molecule has 2 heterocycles. The number of nitrogens with zero attached hydrogens (tertiary/aromatic N) is 2. The molecule has 8 heteroatoms. The van der Waals surface area contributed by atoms with Crippen molar-refractivity contribution in [1.82, 2.24) is 15.2 Å². The minimum absolute atomic E-state index is 0. The number of carbonyl (C=O) groups is 1. The van der Waals surface area contributed by atoms with Gasteiger partial charge < -0.3 is 10.4 Å². The topological polar surface area (TPSA) is 90.9 Å². The standard InChI is InChI=1S/C16H13ClN4O2.Li/c17-12-3-1-11(2-4-12)15-14(10-5-7-18-8-6-10)16(21-20-15)19-9-13(22)23;/h1-8H,9H2,(H,22,23)(H2,19,20,21);/q;+1. The van der Waals surface area contributed by atoms with Crippen LogP contribution >= 0.6 is 11.6 Å². The number of hydrogen-bond acceptors (Lipinski definition) is 4. The molecule has 1 aromatic carbocycles. The van der Waals surface area contributed by atoms with Gasteiger partial charge in [0.05, 0.1) is 11.3 Å². The minimum atomic E-state index is -0.957. The van der Waals surface area contributed by atoms with E-state index < -0.39 is 5.97 Å². The van der Waals surface area contributed by atoms with Gasteiger partial charge in [-0.1, -0.05) is 23.7 Å². The molecule has 116 valence electrons. The van der Waals surface area contributed by atoms with E-state index >= 15 is 0 Å². The van der Waals surface area contributed by atoms with Crippen LogP contribution in [0.5, 0.6) is 0 Å². The third kappa shape index (κ3) is 3.98. The molecule has 3 N–H and O–H groups in total. The van der Waals surface area contributed by atoms with Crippen LogP contribution in [-0.4, -0.2) is 32.8 Å². The molecular formula is C16H13ClLiN4O2+. The number of H-pyrrole nitrogens is 1. The van der Waals surface area contributed by atoms with Crippen LogP contribution in [0.4, 0.5) is 5.82 Å². The van der Waals surface area contributed by atoms with E-state index in [9.17, 15) is 4.79 Å². The average molecular weight is 336 g/mol. The SMILES string of the molecule is O=C(O)CNc1n[nH]c(-c2ccc(Cl)cc2)c1-c1ccncc1.[Li+]. The molecule has 0 amide bonds. The fourth-order valence-corrected chi connectivity index (χ4v) is 2.38. The summed E-state index contributed by atoms with van der Waals surface area (Å²) in [5.74, 6) is -0.481. The second-order valence-electron chi connectivity index (χ2n) is 4.81. The maximum atomic E-state index is 10.8. The van der Waals surface area contributed by atoms with Crippen molar-refractivity contribution in [2.45, 2.75) is 0 Å². The average Bonchev–Trinajstić information content (AvgIpc) is 2.98. The smallest absolute Gasteiger partial charge is 0.480 e. The van der Waals surface area contributed by atoms with Gasteiger partial charge in [0.2, 0.25) is 0 Å². The summed E-state index contributed by atoms with van der Waals surface area (Å²) in [5.41, 5.74) is 3.35. The van der Waals surface area contributed by atoms with E-state index in [0.717, 1.165) is 22.4 Å². The van der Waals surface area contributed by atoms with Crippen LogP contribution in [0.15, 0.2) is 48.8 Å². The first-order valence-electron chi connectivity index (χ1n) is 6.85. The fraction of sp³-hybridized carbons (Fsp3) is 0.0625. The Balaban J connectivity index is 0.00000208. The molecule has 0 aliphatic carbocycles. The van der Waals surface area contributed by atoms with Crippen LogP contribution < -0.4 is 24.2 Å². The number of aromatic amines is 1. The second kappa shape index (κ2) is 8.02. The van der Waals surface area contributed by atoms with Crippen LogP contribution in [0.2, 0.25) is 5.02 Å². The van der Waals surface area contributed by atoms with Crippen molar-refractivity contribution >= 4 is 23.4 Å². The van der Waals surface area contributed by atoms with Gasteiger partial charge in [-0.15, -0.1) is 0 Å². The summed E-state index contributed by atoms with van der Waals surface area (Å²) in [5, 5.41) is 19.5. The summed E-state index contributed by atoms with van der Waals surface area (Å²) in [7, 11) is 0. The number of rotatable bonds is 5. The van der Waals surface area contributed by atoms with E-state index in [0.29, 0.717) is 10.8 Å². The molecule has 0 saturated carbocycles. The number of halogens is 1. The zero-order valence-electron chi connectivity index (χ0n) is 13.0. The molecule has 0 unspecified atom stereocenters. The molecule has 3 rings (SSSR count). The summed E-state index contributed by atoms with van der Waals surface area (Å²) in [6.45, 7) is -0.219. The van der Waals surface area contributed by atoms with Gasteiger partial charge in [-0.25, -0.2) is 0 Å². The molecule has 0 fully saturated rings. The maximum absolute atomic E-state index is 10.8. The first-order valence-corrected chi connectivity index (χ1v) is 7.23. The van der Waals surface area contributed by atoms with Crippen molar-refractivity contribution in [2.24, 2.45) is 0 Å². The van der Waals surface area contributed by atoms with Crippen molar-refractivity contribution in [2.75, 3.05) is 11.9 Å². The number of benzene rings is 1. The number of pyridine rings is 1. The Morgan fingerprint density at radius 1 is 1.12 bits per heavy atom. The maximum Gasteiger partial charge on any atom is 1.00 e. The van der Waals surface area contributed by atoms with Gasteiger partial charge in [-0.2, -0.15) is 5.10 Å². The number of nitrogens with one attached hydrogen (secondary N) is 2. The van der Waals surface area contributed by atoms with Crippen LogP contribution in [0, 0.1) is 0 Å². The van der Waals surface area contributed by atoms with Crippen molar-refractivity contribution in [3.05, 3.63) is 53.8 Å². The van der Waals surface area contributed by atoms with Crippen LogP contribution in [0.3, 0.4) is 0 Å². The third-order valence-corrected chi connectivity index (χ3v) is 3.53. The Labute approximate surface area is 155 Å². The molecule has 24 heavy (non-hydrogen) atoms. The summed E-state index contributed by atoms with van der Waals surface area (Å²) in [6, 6.07) is 11.0. The van der Waals surface area contributed by atoms with Crippen LogP contribution in [-0.2, 0) is 4.79 Å². The van der Waals surface area contributed by atoms with E-state index in [1.54, 1.807) is 24.5 Å². The van der Waals surface area contributed by atoms with Gasteiger partial charge in [0.15, 0.2) is 5.82 Å². The number of anilines is 1. The fourth-order valence-electron chi connectivity index (χ4n) is 2.25. The van der Waals surface area contributed by atoms with Gasteiger partial charge in [0.1, 0.15) is 6.54 Å². The van der Waals surface area contributed by atoms with Crippen molar-refractivity contribution in [3.63, 3.8) is 0 Å². The van der Waals surface area contributed by atoms with Crippen LogP contribution in [0.1, 0.15) is 0 Å². The largest absolute Gasteiger partial charge is 1.00 e. The zero-order chi connectivity index (χ0) is 16.2. The molecule has 0 aliphatic heterocycles. The second-order valence-corrected chi connectivity index (χ2v) is 5.25. The Kier molecular flexibility index (Phi) is 6.04. The quantitative estimate of drug-likeness (QED) is 0.583. The van der Waals surface area contributed by atoms with Crippen molar-refractivity contribution < 1.29 is 28.8 Å². The van der Waals surface area contributed by atoms with Crippen molar-refractivity contribution in [3.8, 4) is 22.4 Å². The zero-order valence-corrected chi connectivity index (χ0v) is 13.7. The van der Waals surface area contributed by atoms with Gasteiger partial charge in [0, 0.05) is 23.0 Å². The normalized spacial score (nSPS) is 10.0. The van der Waals surface area contributed by atoms with E-state index in [-0.39, 0.29) is 25.4 Å². The van der Waals surface area contributed by atoms with Gasteiger partial charge in [-0.05, 0) is 29.8 Å². The van der Waals surface area contributed by atoms with E-state index in [1.807, 2.05) is 24.3 Å². The molecule has 2 aromatic heterocycles. The van der Waals surface area contributed by atoms with Crippen LogP contribution in [0.25, 0.3) is 22.4 Å². The summed E-state index contributed by atoms with van der Waals surface area (Å²) in [4.78, 5) is 14.8. The first kappa shape index (κ1) is 18.1. The monoisotopic (exact) mass is 335 g/mol. The van der Waals surface area contributed by atoms with Gasteiger partial charge in [0.25, 0.3) is 0 Å². The Bertz CT molecular complexity index is 822. The predicted molar refractivity (Wildman–Crippen MR) is 88.4 cm³/mol. The molecule has 0 atom stereocenters. The minimum Gasteiger partial charge on any atom is -0.480 e. The molecule has 0 saturated heterocycles. The van der Waals surface area contributed by atoms with E-state index in [1.165, 1.54) is 0 Å². The van der Waals surface area contributed by atoms with Gasteiger partial charge in [-0.3, -0.25) is 14.9 Å². The summed E-state index contributed by atoms with van der Waals surface area (Å²) in [6.07, 6.45) is 3.35. The Morgan fingerprint density at radius 2 is 1.79 bits per heavy atom. The molecule has 0 bridgehead atoms. The predicted octanol–water partition coefficient (Wildman–Crippen LogP) is 0.293. The van der Waals surface area contributed by atoms with Crippen molar-refractivity contribution in [1.29, 1.82) is 0 Å². The molecule has 0 aliphatic rings. The number of carboxylic acids is 1. The Hall–Kier alpha value is -2.26. The van der Waals surface area contributed by atoms with E-state index in [2.05, 4.69) is 20.5 Å². The number of hydrogen-bond donors (Lipinski definition) is 3. The third-order valence-electron chi connectivity index (χ3n) is 3.28. The summed E-state index contributed by atoms with van der Waals surface area (Å²) >= 11 is 5.93. The van der Waals surface area contributed by atoms with E-state index in [4.69, 9.17) is 16.7 Å². The molecule has 0 spiro atoms. The first-order chi connectivity index (χ1) is 11.1. The molecule has 0 radical (unpaired) electrons. The number of aliphatic carboxylic acids is 1. The number of carboxylic acid groups (broad SMARTS) is 1. The summed E-state index contributed by atoms with van der Waals surface area (Å²) < 4.78 is 0. The molecule has 3 aromatic rings. The Morgan fingerprint density at radius 3 is 2.42 bits per heavy atom. The van der Waals surface area contributed by atoms with Gasteiger partial charge >= 0.3 is 24.8 Å².